The average Bonchev–Trinajstić information content (AvgIpc) is 2.11. The van der Waals surface area contributed by atoms with Crippen LogP contribution in [-0.4, -0.2) is 26.2 Å². The first kappa shape index (κ1) is 11.9. The van der Waals surface area contributed by atoms with Crippen molar-refractivity contribution < 1.29 is 10.6 Å². The summed E-state index contributed by atoms with van der Waals surface area (Å²) in [6, 6.07) is 0. The third-order valence-corrected chi connectivity index (χ3v) is 2.53. The molecule has 0 fully saturated rings. The maximum absolute atomic E-state index is 3.85. The lowest BCUT2D eigenvalue weighted by Gasteiger charge is -2.14. The van der Waals surface area contributed by atoms with Crippen LogP contribution in [0.5, 0.6) is 0 Å². The number of hydrogen-bond donors (Lipinski definition) is 2. The second-order valence-corrected chi connectivity index (χ2v) is 3.47. The molecule has 2 heteroatoms. The second-order valence-electron chi connectivity index (χ2n) is 3.47. The van der Waals surface area contributed by atoms with Crippen molar-refractivity contribution in [3.05, 3.63) is 0 Å². The van der Waals surface area contributed by atoms with Crippen LogP contribution in [0, 0.1) is 0 Å². The van der Waals surface area contributed by atoms with Gasteiger partial charge in [0.1, 0.15) is 0 Å². The Morgan fingerprint density at radius 1 is 0.917 bits per heavy atom. The summed E-state index contributed by atoms with van der Waals surface area (Å²) in [7, 11) is 0. The van der Waals surface area contributed by atoms with Gasteiger partial charge in [0.15, 0.2) is 0 Å². The quantitative estimate of drug-likeness (QED) is 0.474. The predicted octanol–water partition coefficient (Wildman–Crippen LogP) is -0.287. The first-order chi connectivity index (χ1) is 5.85. The Balaban J connectivity index is 3.06. The van der Waals surface area contributed by atoms with E-state index in [1.165, 1.54) is 45.3 Å². The largest absolute Gasteiger partial charge is 0.358 e. The van der Waals surface area contributed by atoms with Gasteiger partial charge in [0.2, 0.25) is 0 Å². The molecule has 0 aliphatic heterocycles. The summed E-state index contributed by atoms with van der Waals surface area (Å²) >= 11 is 0. The summed E-state index contributed by atoms with van der Waals surface area (Å²) in [5, 5.41) is 0. The van der Waals surface area contributed by atoms with Gasteiger partial charge in [0.05, 0.1) is 26.2 Å². The Hall–Kier alpha value is -0.0800. The Labute approximate surface area is 77.1 Å². The average molecular weight is 174 g/mol. The molecule has 0 aromatic heterocycles. The van der Waals surface area contributed by atoms with Gasteiger partial charge in [0.25, 0.3) is 0 Å². The molecule has 0 amide bonds. The van der Waals surface area contributed by atoms with Crippen LogP contribution >= 0.6 is 0 Å². The highest BCUT2D eigenvalue weighted by Gasteiger charge is 2.00. The number of quaternary nitrogens is 2. The van der Waals surface area contributed by atoms with Crippen molar-refractivity contribution in [2.75, 3.05) is 26.2 Å². The smallest absolute Gasteiger partial charge is 0.0770 e. The van der Waals surface area contributed by atoms with Crippen LogP contribution in [0.3, 0.4) is 0 Å². The molecule has 0 unspecified atom stereocenters. The van der Waals surface area contributed by atoms with Crippen molar-refractivity contribution in [2.45, 2.75) is 39.5 Å². The summed E-state index contributed by atoms with van der Waals surface area (Å²) in [6.07, 6.45) is 5.49. The molecule has 0 heterocycles. The number of unbranched alkanes of at least 4 members (excludes halogenated alkanes) is 3. The molecule has 74 valence electrons. The maximum atomic E-state index is 3.85. The van der Waals surface area contributed by atoms with Crippen molar-refractivity contribution in [1.29, 1.82) is 0 Å². The second kappa shape index (κ2) is 9.01. The van der Waals surface area contributed by atoms with Gasteiger partial charge in [0, 0.05) is 0 Å². The van der Waals surface area contributed by atoms with Gasteiger partial charge in [-0.25, -0.2) is 0 Å². The molecule has 0 aromatic carbocycles. The summed E-state index contributed by atoms with van der Waals surface area (Å²) in [6.45, 7) is 9.59. The van der Waals surface area contributed by atoms with E-state index in [0.717, 1.165) is 6.54 Å². The van der Waals surface area contributed by atoms with Gasteiger partial charge in [-0.1, -0.05) is 0 Å². The van der Waals surface area contributed by atoms with E-state index in [9.17, 15) is 0 Å². The Morgan fingerprint density at radius 2 is 1.50 bits per heavy atom. The van der Waals surface area contributed by atoms with Crippen LogP contribution in [0.25, 0.3) is 0 Å². The van der Waals surface area contributed by atoms with Gasteiger partial charge < -0.3 is 10.6 Å². The van der Waals surface area contributed by atoms with E-state index < -0.39 is 0 Å². The first-order valence-electron chi connectivity index (χ1n) is 5.47. The van der Waals surface area contributed by atoms with E-state index in [2.05, 4.69) is 19.6 Å². The number of rotatable bonds is 8. The van der Waals surface area contributed by atoms with Crippen LogP contribution < -0.4 is 10.6 Å². The molecule has 0 aliphatic carbocycles. The van der Waals surface area contributed by atoms with E-state index in [1.807, 2.05) is 0 Å². The Bertz CT molecular complexity index is 79.9. The summed E-state index contributed by atoms with van der Waals surface area (Å²) in [5.41, 5.74) is 3.85. The summed E-state index contributed by atoms with van der Waals surface area (Å²) in [4.78, 5) is 1.74. The van der Waals surface area contributed by atoms with Gasteiger partial charge >= 0.3 is 0 Å². The lowest BCUT2D eigenvalue weighted by Crippen LogP contribution is -3.11. The van der Waals surface area contributed by atoms with Crippen LogP contribution in [0.1, 0.15) is 39.5 Å². The van der Waals surface area contributed by atoms with E-state index in [0.29, 0.717) is 0 Å². The van der Waals surface area contributed by atoms with Crippen molar-refractivity contribution in [3.8, 4) is 0 Å². The van der Waals surface area contributed by atoms with Crippen LogP contribution in [0.4, 0.5) is 0 Å². The standard InChI is InChI=1S/C10H24N2/c1-3-12(4-2)10-8-6-5-7-9-11/h3-11H2,1-2H3/p+2. The van der Waals surface area contributed by atoms with E-state index in [-0.39, 0.29) is 0 Å². The highest BCUT2D eigenvalue weighted by atomic mass is 15.1. The number of hydrogen-bond acceptors (Lipinski definition) is 0. The Kier molecular flexibility index (Phi) is 8.95. The minimum absolute atomic E-state index is 1.11. The maximum Gasteiger partial charge on any atom is 0.0770 e. The fourth-order valence-electron chi connectivity index (χ4n) is 1.51. The molecule has 12 heavy (non-hydrogen) atoms. The molecule has 0 bridgehead atoms. The lowest BCUT2D eigenvalue weighted by molar-refractivity contribution is -0.896. The minimum Gasteiger partial charge on any atom is -0.358 e. The SMILES string of the molecule is CC[NH+](CC)CCCCCC[NH3+]. The molecule has 4 N–H and O–H groups in total. The van der Waals surface area contributed by atoms with Crippen molar-refractivity contribution >= 4 is 0 Å². The highest BCUT2D eigenvalue weighted by Crippen LogP contribution is 1.95. The Morgan fingerprint density at radius 3 is 2.00 bits per heavy atom. The van der Waals surface area contributed by atoms with Crippen LogP contribution in [0.15, 0.2) is 0 Å². The molecular formula is C10H26N2+2. The van der Waals surface area contributed by atoms with E-state index in [4.69, 9.17) is 0 Å². The van der Waals surface area contributed by atoms with Crippen molar-refractivity contribution in [3.63, 3.8) is 0 Å². The van der Waals surface area contributed by atoms with E-state index in [1.54, 1.807) is 4.90 Å². The summed E-state index contributed by atoms with van der Waals surface area (Å²) < 4.78 is 0. The van der Waals surface area contributed by atoms with E-state index >= 15 is 0 Å². The minimum atomic E-state index is 1.11. The molecule has 0 saturated carbocycles. The van der Waals surface area contributed by atoms with Gasteiger partial charge in [-0.2, -0.15) is 0 Å². The molecule has 0 spiro atoms. The monoisotopic (exact) mass is 174 g/mol. The lowest BCUT2D eigenvalue weighted by atomic mass is 10.2. The molecule has 0 aliphatic rings. The fraction of sp³-hybridized carbons (Fsp3) is 1.00. The third kappa shape index (κ3) is 6.62. The van der Waals surface area contributed by atoms with Gasteiger partial charge in [-0.15, -0.1) is 0 Å². The molecule has 0 radical (unpaired) electrons. The zero-order chi connectivity index (χ0) is 9.23. The molecular weight excluding hydrogens is 148 g/mol. The zero-order valence-corrected chi connectivity index (χ0v) is 8.86. The fourth-order valence-corrected chi connectivity index (χ4v) is 1.51. The topological polar surface area (TPSA) is 32.1 Å². The van der Waals surface area contributed by atoms with Gasteiger partial charge in [-0.3, -0.25) is 0 Å². The van der Waals surface area contributed by atoms with Gasteiger partial charge in [-0.05, 0) is 39.5 Å². The zero-order valence-electron chi connectivity index (χ0n) is 8.86. The third-order valence-electron chi connectivity index (χ3n) is 2.53. The predicted molar refractivity (Wildman–Crippen MR) is 53.1 cm³/mol. The molecule has 0 atom stereocenters. The number of nitrogens with one attached hydrogen (secondary N) is 1. The van der Waals surface area contributed by atoms with Crippen molar-refractivity contribution in [2.24, 2.45) is 0 Å². The molecule has 2 nitrogen and oxygen atoms in total. The first-order valence-corrected chi connectivity index (χ1v) is 5.47. The normalized spacial score (nSPS) is 11.0. The highest BCUT2D eigenvalue weighted by molar-refractivity contribution is 4.39. The molecule has 0 aromatic rings. The van der Waals surface area contributed by atoms with Crippen LogP contribution in [-0.2, 0) is 0 Å². The van der Waals surface area contributed by atoms with Crippen molar-refractivity contribution in [1.82, 2.24) is 0 Å². The molecule has 0 saturated heterocycles. The summed E-state index contributed by atoms with van der Waals surface area (Å²) in [5.74, 6) is 0. The van der Waals surface area contributed by atoms with Crippen LogP contribution in [0.2, 0.25) is 0 Å². The molecule has 0 rings (SSSR count).